The molecule has 1 aliphatic rings. The van der Waals surface area contributed by atoms with Crippen molar-refractivity contribution in [2.24, 2.45) is 5.92 Å². The van der Waals surface area contributed by atoms with Crippen molar-refractivity contribution in [1.82, 2.24) is 0 Å². The molecule has 2 nitrogen and oxygen atoms in total. The van der Waals surface area contributed by atoms with Crippen LogP contribution in [0.2, 0.25) is 25.7 Å². The van der Waals surface area contributed by atoms with Gasteiger partial charge in [-0.15, -0.1) is 0 Å². The Kier molecular flexibility index (Phi) is 2.70. The van der Waals surface area contributed by atoms with E-state index in [9.17, 15) is 4.79 Å². The maximum absolute atomic E-state index is 11.4. The highest BCUT2D eigenvalue weighted by Gasteiger charge is 2.52. The molecule has 1 rings (SSSR count). The van der Waals surface area contributed by atoms with Gasteiger partial charge >= 0.3 is 0 Å². The second-order valence-electron chi connectivity index (χ2n) is 5.40. The smallest absolute Gasteiger partial charge is 0.164 e. The summed E-state index contributed by atoms with van der Waals surface area (Å²) in [4.78, 5) is 11.4. The van der Waals surface area contributed by atoms with Crippen LogP contribution in [0.4, 0.5) is 0 Å². The van der Waals surface area contributed by atoms with Crippen LogP contribution in [0.3, 0.4) is 0 Å². The lowest BCUT2D eigenvalue weighted by Crippen LogP contribution is -2.57. The van der Waals surface area contributed by atoms with Crippen LogP contribution in [0.5, 0.6) is 0 Å². The molecule has 1 aliphatic carbocycles. The molecule has 2 atom stereocenters. The predicted octanol–water partition coefficient (Wildman–Crippen LogP) is 2.32. The Labute approximate surface area is 81.7 Å². The average molecular weight is 200 g/mol. The molecule has 0 heterocycles. The van der Waals surface area contributed by atoms with Gasteiger partial charge in [-0.2, -0.15) is 0 Å². The number of methoxy groups -OCH3 is 1. The van der Waals surface area contributed by atoms with Crippen LogP contribution in [0.1, 0.15) is 13.3 Å². The van der Waals surface area contributed by atoms with Crippen LogP contribution in [-0.4, -0.2) is 26.6 Å². The van der Waals surface area contributed by atoms with Gasteiger partial charge in [0.1, 0.15) is 5.60 Å². The summed E-state index contributed by atoms with van der Waals surface area (Å²) >= 11 is 0. The minimum absolute atomic E-state index is 0.276. The standard InChI is InChI=1S/C10H20O2Si/c1-10(12-2)8(6-9(10)11)7-13(3,4)5/h8H,6-7H2,1-5H3/t8-,10-/m1/s1. The zero-order valence-electron chi connectivity index (χ0n) is 9.31. The first-order chi connectivity index (χ1) is 5.79. The van der Waals surface area contributed by atoms with Gasteiger partial charge in [0.05, 0.1) is 0 Å². The highest BCUT2D eigenvalue weighted by molar-refractivity contribution is 6.76. The van der Waals surface area contributed by atoms with Gasteiger partial charge in [-0.25, -0.2) is 0 Å². The number of hydrogen-bond acceptors (Lipinski definition) is 2. The van der Waals surface area contributed by atoms with Gasteiger partial charge in [-0.05, 0) is 12.8 Å². The van der Waals surface area contributed by atoms with E-state index < -0.39 is 13.7 Å². The summed E-state index contributed by atoms with van der Waals surface area (Å²) < 4.78 is 5.32. The number of carbonyl (C=O) groups excluding carboxylic acids is 1. The summed E-state index contributed by atoms with van der Waals surface area (Å²) in [5.74, 6) is 0.745. The van der Waals surface area contributed by atoms with Crippen molar-refractivity contribution < 1.29 is 9.53 Å². The van der Waals surface area contributed by atoms with Gasteiger partial charge in [-0.1, -0.05) is 25.7 Å². The fourth-order valence-electron chi connectivity index (χ4n) is 2.00. The van der Waals surface area contributed by atoms with Crippen LogP contribution in [0, 0.1) is 5.92 Å². The Hall–Kier alpha value is -0.153. The molecule has 0 unspecified atom stereocenters. The molecule has 3 heteroatoms. The molecule has 0 bridgehead atoms. The lowest BCUT2D eigenvalue weighted by molar-refractivity contribution is -0.163. The van der Waals surface area contributed by atoms with Gasteiger partial charge < -0.3 is 4.74 Å². The Balaban J connectivity index is 2.61. The molecule has 1 saturated carbocycles. The van der Waals surface area contributed by atoms with Gasteiger partial charge in [0.15, 0.2) is 5.78 Å². The van der Waals surface area contributed by atoms with Crippen LogP contribution in [0.15, 0.2) is 0 Å². The van der Waals surface area contributed by atoms with Crippen molar-refractivity contribution in [3.8, 4) is 0 Å². The minimum atomic E-state index is -1.06. The van der Waals surface area contributed by atoms with Gasteiger partial charge in [0, 0.05) is 21.6 Å². The van der Waals surface area contributed by atoms with Crippen LogP contribution in [0.25, 0.3) is 0 Å². The molecule has 0 aromatic rings. The highest BCUT2D eigenvalue weighted by Crippen LogP contribution is 2.42. The number of rotatable bonds is 3. The topological polar surface area (TPSA) is 26.3 Å². The first-order valence-electron chi connectivity index (χ1n) is 4.88. The third-order valence-electron chi connectivity index (χ3n) is 3.05. The summed E-state index contributed by atoms with van der Waals surface area (Å²) in [7, 11) is 0.590. The Morgan fingerprint density at radius 1 is 1.54 bits per heavy atom. The largest absolute Gasteiger partial charge is 0.370 e. The Morgan fingerprint density at radius 3 is 2.38 bits per heavy atom. The second kappa shape index (κ2) is 3.21. The number of hydrogen-bond donors (Lipinski definition) is 0. The fraction of sp³-hybridized carbons (Fsp3) is 0.900. The molecule has 0 radical (unpaired) electrons. The number of ketones is 1. The third kappa shape index (κ3) is 2.02. The molecule has 0 aliphatic heterocycles. The van der Waals surface area contributed by atoms with Crippen molar-refractivity contribution in [3.63, 3.8) is 0 Å². The number of Topliss-reactive ketones (excluding diaryl/α,β-unsaturated/α-hetero) is 1. The van der Waals surface area contributed by atoms with E-state index in [4.69, 9.17) is 4.74 Å². The molecule has 13 heavy (non-hydrogen) atoms. The zero-order chi connectivity index (χ0) is 10.3. The Bertz CT molecular complexity index is 219. The maximum atomic E-state index is 11.4. The SMILES string of the molecule is CO[C@@]1(C)C(=O)C[C@@H]1C[Si](C)(C)C. The molecular formula is C10H20O2Si. The first-order valence-corrected chi connectivity index (χ1v) is 8.59. The van der Waals surface area contributed by atoms with Gasteiger partial charge in [-0.3, -0.25) is 4.79 Å². The predicted molar refractivity (Wildman–Crippen MR) is 56.7 cm³/mol. The summed E-state index contributed by atoms with van der Waals surface area (Å²) in [6.07, 6.45) is 0.731. The second-order valence-corrected chi connectivity index (χ2v) is 10.9. The maximum Gasteiger partial charge on any atom is 0.164 e. The van der Waals surface area contributed by atoms with E-state index in [0.29, 0.717) is 5.92 Å². The number of ether oxygens (including phenoxy) is 1. The summed E-state index contributed by atoms with van der Waals surface area (Å²) in [6, 6.07) is 1.20. The molecule has 0 N–H and O–H groups in total. The van der Waals surface area contributed by atoms with Crippen molar-refractivity contribution >= 4 is 13.9 Å². The van der Waals surface area contributed by atoms with Crippen molar-refractivity contribution in [2.45, 2.75) is 44.6 Å². The van der Waals surface area contributed by atoms with Crippen LogP contribution < -0.4 is 0 Å². The monoisotopic (exact) mass is 200 g/mol. The van der Waals surface area contributed by atoms with E-state index in [1.165, 1.54) is 6.04 Å². The van der Waals surface area contributed by atoms with Crippen molar-refractivity contribution in [2.75, 3.05) is 7.11 Å². The zero-order valence-corrected chi connectivity index (χ0v) is 10.3. The molecular weight excluding hydrogens is 180 g/mol. The average Bonchev–Trinajstić information content (AvgIpc) is 2.00. The number of carbonyl (C=O) groups is 1. The third-order valence-corrected chi connectivity index (χ3v) is 4.76. The fourth-order valence-corrected chi connectivity index (χ4v) is 4.02. The normalized spacial score (nSPS) is 34.5. The molecule has 0 saturated heterocycles. The lowest BCUT2D eigenvalue weighted by atomic mass is 9.70. The van der Waals surface area contributed by atoms with E-state index >= 15 is 0 Å². The van der Waals surface area contributed by atoms with Crippen LogP contribution >= 0.6 is 0 Å². The molecule has 76 valence electrons. The summed E-state index contributed by atoms with van der Waals surface area (Å²) in [6.45, 7) is 8.95. The summed E-state index contributed by atoms with van der Waals surface area (Å²) in [5.41, 5.74) is -0.458. The lowest BCUT2D eigenvalue weighted by Gasteiger charge is -2.46. The van der Waals surface area contributed by atoms with Gasteiger partial charge in [0.2, 0.25) is 0 Å². The van der Waals surface area contributed by atoms with Gasteiger partial charge in [0.25, 0.3) is 0 Å². The molecule has 0 spiro atoms. The highest BCUT2D eigenvalue weighted by atomic mass is 28.3. The van der Waals surface area contributed by atoms with E-state index in [2.05, 4.69) is 19.6 Å². The minimum Gasteiger partial charge on any atom is -0.370 e. The van der Waals surface area contributed by atoms with E-state index in [1.807, 2.05) is 6.92 Å². The van der Waals surface area contributed by atoms with Crippen molar-refractivity contribution in [1.29, 1.82) is 0 Å². The molecule has 0 aromatic carbocycles. The Morgan fingerprint density at radius 2 is 2.08 bits per heavy atom. The summed E-state index contributed by atoms with van der Waals surface area (Å²) in [5, 5.41) is 0. The molecule has 1 fully saturated rings. The first kappa shape index (κ1) is 10.9. The van der Waals surface area contributed by atoms with Crippen molar-refractivity contribution in [3.05, 3.63) is 0 Å². The van der Waals surface area contributed by atoms with E-state index in [-0.39, 0.29) is 5.78 Å². The molecule has 0 amide bonds. The molecule has 0 aromatic heterocycles. The quantitative estimate of drug-likeness (QED) is 0.654. The van der Waals surface area contributed by atoms with Crippen LogP contribution in [-0.2, 0) is 9.53 Å². The van der Waals surface area contributed by atoms with E-state index in [1.54, 1.807) is 7.11 Å². The van der Waals surface area contributed by atoms with E-state index in [0.717, 1.165) is 6.42 Å².